The SMILES string of the molecule is CCCCCCCCN1C=C(C)C(C)=C(C)C(C)N1CCCCCCCC. The quantitative estimate of drug-likeness (QED) is 0.285. The zero-order valence-electron chi connectivity index (χ0n) is 19.4. The molecule has 27 heavy (non-hydrogen) atoms. The van der Waals surface area contributed by atoms with Gasteiger partial charge >= 0.3 is 0 Å². The van der Waals surface area contributed by atoms with Crippen molar-refractivity contribution in [3.05, 3.63) is 22.9 Å². The maximum absolute atomic E-state index is 2.65. The van der Waals surface area contributed by atoms with Crippen LogP contribution in [-0.4, -0.2) is 29.1 Å². The first-order chi connectivity index (χ1) is 13.0. The molecule has 0 saturated heterocycles. The second-order valence-electron chi connectivity index (χ2n) is 8.66. The molecule has 0 saturated carbocycles. The number of nitrogens with zero attached hydrogens (tertiary/aromatic N) is 2. The Labute approximate surface area is 171 Å². The lowest BCUT2D eigenvalue weighted by atomic mass is 10.00. The van der Waals surface area contributed by atoms with Crippen molar-refractivity contribution in [3.63, 3.8) is 0 Å². The highest BCUT2D eigenvalue weighted by atomic mass is 15.6. The van der Waals surface area contributed by atoms with Crippen molar-refractivity contribution in [2.45, 2.75) is 125 Å². The normalized spacial score (nSPS) is 18.8. The Bertz CT molecular complexity index is 449. The fraction of sp³-hybridized carbons (Fsp3) is 0.840. The molecular weight excluding hydrogens is 328 g/mol. The third-order valence-electron chi connectivity index (χ3n) is 6.41. The lowest BCUT2D eigenvalue weighted by Gasteiger charge is -2.38. The highest BCUT2D eigenvalue weighted by Gasteiger charge is 2.24. The monoisotopic (exact) mass is 376 g/mol. The van der Waals surface area contributed by atoms with E-state index in [4.69, 9.17) is 0 Å². The number of allylic oxidation sites excluding steroid dienone is 2. The van der Waals surface area contributed by atoms with Gasteiger partial charge in [-0.05, 0) is 51.7 Å². The molecule has 0 aromatic rings. The van der Waals surface area contributed by atoms with E-state index in [1.54, 1.807) is 5.57 Å². The molecular formula is C25H48N2. The van der Waals surface area contributed by atoms with Crippen LogP contribution in [0.2, 0.25) is 0 Å². The Kier molecular flexibility index (Phi) is 12.8. The Hall–Kier alpha value is -0.760. The minimum absolute atomic E-state index is 0.509. The van der Waals surface area contributed by atoms with E-state index in [2.05, 4.69) is 57.8 Å². The number of hydrazine groups is 1. The van der Waals surface area contributed by atoms with E-state index in [0.29, 0.717) is 6.04 Å². The third-order valence-corrected chi connectivity index (χ3v) is 6.41. The molecule has 1 unspecified atom stereocenters. The van der Waals surface area contributed by atoms with Crippen molar-refractivity contribution in [1.82, 2.24) is 10.0 Å². The molecule has 0 bridgehead atoms. The molecule has 0 aromatic heterocycles. The molecule has 0 radical (unpaired) electrons. The second-order valence-corrected chi connectivity index (χ2v) is 8.66. The first-order valence-corrected chi connectivity index (χ1v) is 11.9. The Balaban J connectivity index is 2.61. The van der Waals surface area contributed by atoms with Crippen LogP contribution in [0.1, 0.15) is 119 Å². The van der Waals surface area contributed by atoms with Crippen LogP contribution in [0.15, 0.2) is 22.9 Å². The molecule has 0 spiro atoms. The summed E-state index contributed by atoms with van der Waals surface area (Å²) >= 11 is 0. The van der Waals surface area contributed by atoms with Crippen LogP contribution in [0.25, 0.3) is 0 Å². The molecule has 1 aliphatic heterocycles. The Morgan fingerprint density at radius 1 is 0.704 bits per heavy atom. The standard InChI is InChI=1S/C25H48N2/c1-7-9-11-13-15-17-19-26-21-22(3)23(4)24(5)25(6)27(26)20-18-16-14-12-10-8-2/h21,25H,7-20H2,1-6H3. The zero-order chi connectivity index (χ0) is 20.1. The molecule has 0 fully saturated rings. The smallest absolute Gasteiger partial charge is 0.0477 e. The van der Waals surface area contributed by atoms with Crippen molar-refractivity contribution in [3.8, 4) is 0 Å². The summed E-state index contributed by atoms with van der Waals surface area (Å²) in [4.78, 5) is 0. The van der Waals surface area contributed by atoms with Crippen LogP contribution < -0.4 is 0 Å². The van der Waals surface area contributed by atoms with Gasteiger partial charge in [-0.3, -0.25) is 0 Å². The average molecular weight is 377 g/mol. The molecule has 1 aliphatic rings. The summed E-state index contributed by atoms with van der Waals surface area (Å²) in [6, 6.07) is 0.509. The predicted molar refractivity (Wildman–Crippen MR) is 122 cm³/mol. The Morgan fingerprint density at radius 2 is 1.19 bits per heavy atom. The zero-order valence-corrected chi connectivity index (χ0v) is 19.4. The summed E-state index contributed by atoms with van der Waals surface area (Å²) in [7, 11) is 0. The van der Waals surface area contributed by atoms with Gasteiger partial charge in [0, 0.05) is 25.3 Å². The van der Waals surface area contributed by atoms with Crippen LogP contribution in [0.5, 0.6) is 0 Å². The lowest BCUT2D eigenvalue weighted by Crippen LogP contribution is -2.46. The maximum atomic E-state index is 2.65. The summed E-state index contributed by atoms with van der Waals surface area (Å²) in [6.07, 6.45) is 18.9. The Morgan fingerprint density at radius 3 is 1.74 bits per heavy atom. The summed E-state index contributed by atoms with van der Waals surface area (Å²) < 4.78 is 0. The van der Waals surface area contributed by atoms with Gasteiger partial charge in [0.1, 0.15) is 0 Å². The fourth-order valence-corrected chi connectivity index (χ4v) is 4.09. The first kappa shape index (κ1) is 24.3. The summed E-state index contributed by atoms with van der Waals surface area (Å²) in [5.74, 6) is 0. The topological polar surface area (TPSA) is 6.48 Å². The van der Waals surface area contributed by atoms with Gasteiger partial charge in [-0.2, -0.15) is 0 Å². The van der Waals surface area contributed by atoms with Gasteiger partial charge in [-0.25, -0.2) is 5.01 Å². The molecule has 0 N–H and O–H groups in total. The number of unbranched alkanes of at least 4 members (excludes halogenated alkanes) is 10. The van der Waals surface area contributed by atoms with Crippen LogP contribution in [-0.2, 0) is 0 Å². The first-order valence-electron chi connectivity index (χ1n) is 11.9. The summed E-state index contributed by atoms with van der Waals surface area (Å²) in [5, 5.41) is 5.22. The van der Waals surface area contributed by atoms with Gasteiger partial charge in [0.15, 0.2) is 0 Å². The van der Waals surface area contributed by atoms with Crippen molar-refractivity contribution in [2.75, 3.05) is 13.1 Å². The van der Waals surface area contributed by atoms with Crippen LogP contribution >= 0.6 is 0 Å². The molecule has 0 amide bonds. The van der Waals surface area contributed by atoms with E-state index in [1.807, 2.05) is 0 Å². The molecule has 158 valence electrons. The van der Waals surface area contributed by atoms with Gasteiger partial charge in [-0.1, -0.05) is 83.6 Å². The van der Waals surface area contributed by atoms with Gasteiger partial charge in [0.05, 0.1) is 0 Å². The summed E-state index contributed by atoms with van der Waals surface area (Å²) in [5.41, 5.74) is 4.47. The third kappa shape index (κ3) is 8.85. The van der Waals surface area contributed by atoms with E-state index in [9.17, 15) is 0 Å². The van der Waals surface area contributed by atoms with Gasteiger partial charge < -0.3 is 5.01 Å². The number of hydrogen-bond donors (Lipinski definition) is 0. The molecule has 1 heterocycles. The largest absolute Gasteiger partial charge is 0.312 e. The summed E-state index contributed by atoms with van der Waals surface area (Å²) in [6.45, 7) is 16.3. The number of hydrogen-bond acceptors (Lipinski definition) is 2. The second kappa shape index (κ2) is 14.3. The van der Waals surface area contributed by atoms with Crippen LogP contribution in [0, 0.1) is 0 Å². The van der Waals surface area contributed by atoms with E-state index in [1.165, 1.54) is 101 Å². The minimum Gasteiger partial charge on any atom is -0.312 e. The van der Waals surface area contributed by atoms with E-state index < -0.39 is 0 Å². The molecule has 1 rings (SSSR count). The van der Waals surface area contributed by atoms with Crippen LogP contribution in [0.4, 0.5) is 0 Å². The van der Waals surface area contributed by atoms with Crippen molar-refractivity contribution >= 4 is 0 Å². The van der Waals surface area contributed by atoms with Crippen molar-refractivity contribution in [2.24, 2.45) is 0 Å². The van der Waals surface area contributed by atoms with Crippen molar-refractivity contribution < 1.29 is 0 Å². The van der Waals surface area contributed by atoms with Crippen LogP contribution in [0.3, 0.4) is 0 Å². The molecule has 1 atom stereocenters. The van der Waals surface area contributed by atoms with E-state index >= 15 is 0 Å². The fourth-order valence-electron chi connectivity index (χ4n) is 4.09. The lowest BCUT2D eigenvalue weighted by molar-refractivity contribution is -0.00427. The van der Waals surface area contributed by atoms with E-state index in [-0.39, 0.29) is 0 Å². The van der Waals surface area contributed by atoms with E-state index in [0.717, 1.165) is 0 Å². The van der Waals surface area contributed by atoms with Gasteiger partial charge in [0.25, 0.3) is 0 Å². The van der Waals surface area contributed by atoms with Gasteiger partial charge in [0.2, 0.25) is 0 Å². The number of rotatable bonds is 14. The van der Waals surface area contributed by atoms with Crippen molar-refractivity contribution in [1.29, 1.82) is 0 Å². The average Bonchev–Trinajstić information content (AvgIpc) is 2.73. The molecule has 0 aliphatic carbocycles. The molecule has 2 nitrogen and oxygen atoms in total. The molecule has 0 aromatic carbocycles. The van der Waals surface area contributed by atoms with Gasteiger partial charge in [-0.15, -0.1) is 0 Å². The predicted octanol–water partition coefficient (Wildman–Crippen LogP) is 7.87. The highest BCUT2D eigenvalue weighted by Crippen LogP contribution is 2.27. The minimum atomic E-state index is 0.509. The molecule has 2 heteroatoms. The highest BCUT2D eigenvalue weighted by molar-refractivity contribution is 5.34. The maximum Gasteiger partial charge on any atom is 0.0477 e.